The third-order valence-electron chi connectivity index (χ3n) is 2.42. The molecule has 0 aliphatic heterocycles. The molecule has 0 atom stereocenters. The minimum atomic E-state index is -1.34. The molecule has 0 radical (unpaired) electrons. The zero-order valence-corrected chi connectivity index (χ0v) is 9.43. The number of benzene rings is 1. The number of carbonyl (C=O) groups excluding carboxylic acids is 1. The minimum absolute atomic E-state index is 0.167. The van der Waals surface area contributed by atoms with Crippen molar-refractivity contribution < 1.29 is 24.9 Å². The first kappa shape index (κ1) is 13.0. The van der Waals surface area contributed by atoms with Gasteiger partial charge in [-0.1, -0.05) is 13.3 Å². The molecule has 0 fully saturated rings. The maximum absolute atomic E-state index is 11.7. The molecule has 0 aliphatic rings. The molecular formula is C12H14O5. The van der Waals surface area contributed by atoms with E-state index in [4.69, 9.17) is 5.11 Å². The van der Waals surface area contributed by atoms with Crippen LogP contribution in [0.1, 0.15) is 46.9 Å². The van der Waals surface area contributed by atoms with Gasteiger partial charge in [0.15, 0.2) is 5.78 Å². The van der Waals surface area contributed by atoms with Crippen LogP contribution < -0.4 is 0 Å². The lowest BCUT2D eigenvalue weighted by molar-refractivity contribution is 0.0693. The monoisotopic (exact) mass is 238 g/mol. The van der Waals surface area contributed by atoms with Crippen LogP contribution in [0.4, 0.5) is 0 Å². The predicted octanol–water partition coefficient (Wildman–Crippen LogP) is 2.17. The highest BCUT2D eigenvalue weighted by molar-refractivity contribution is 6.04. The predicted molar refractivity (Wildman–Crippen MR) is 60.6 cm³/mol. The van der Waals surface area contributed by atoms with Crippen molar-refractivity contribution in [3.63, 3.8) is 0 Å². The molecule has 1 aromatic rings. The Hall–Kier alpha value is -2.04. The first-order chi connectivity index (χ1) is 7.99. The van der Waals surface area contributed by atoms with Gasteiger partial charge in [-0.15, -0.1) is 0 Å². The van der Waals surface area contributed by atoms with Gasteiger partial charge in [0.05, 0.1) is 0 Å². The highest BCUT2D eigenvalue weighted by Crippen LogP contribution is 2.32. The number of hydrogen-bond donors (Lipinski definition) is 3. The number of carboxylic acids is 1. The fourth-order valence-electron chi connectivity index (χ4n) is 1.49. The summed E-state index contributed by atoms with van der Waals surface area (Å²) in [6.07, 6.45) is 1.58. The molecule has 0 heterocycles. The van der Waals surface area contributed by atoms with Crippen molar-refractivity contribution in [2.45, 2.75) is 26.2 Å². The number of hydrogen-bond acceptors (Lipinski definition) is 4. The van der Waals surface area contributed by atoms with E-state index < -0.39 is 23.3 Å². The van der Waals surface area contributed by atoms with Gasteiger partial charge in [-0.25, -0.2) is 4.79 Å². The Balaban J connectivity index is 3.18. The van der Waals surface area contributed by atoms with Crippen molar-refractivity contribution in [2.24, 2.45) is 0 Å². The second kappa shape index (κ2) is 5.34. The number of Topliss-reactive ketones (excluding diaryl/α,β-unsaturated/α-hetero) is 1. The Labute approximate surface area is 98.3 Å². The normalized spacial score (nSPS) is 10.2. The summed E-state index contributed by atoms with van der Waals surface area (Å²) < 4.78 is 0. The Bertz CT molecular complexity index is 450. The van der Waals surface area contributed by atoms with Gasteiger partial charge in [0.25, 0.3) is 0 Å². The second-order valence-electron chi connectivity index (χ2n) is 3.69. The van der Waals surface area contributed by atoms with Crippen molar-refractivity contribution in [3.05, 3.63) is 23.3 Å². The first-order valence-electron chi connectivity index (χ1n) is 5.30. The van der Waals surface area contributed by atoms with Crippen molar-refractivity contribution in [1.82, 2.24) is 0 Å². The van der Waals surface area contributed by atoms with Gasteiger partial charge in [0.2, 0.25) is 0 Å². The zero-order valence-electron chi connectivity index (χ0n) is 9.43. The highest BCUT2D eigenvalue weighted by Gasteiger charge is 2.21. The van der Waals surface area contributed by atoms with E-state index in [1.54, 1.807) is 0 Å². The van der Waals surface area contributed by atoms with Crippen LogP contribution >= 0.6 is 0 Å². The summed E-state index contributed by atoms with van der Waals surface area (Å²) in [7, 11) is 0. The maximum atomic E-state index is 11.7. The molecule has 0 amide bonds. The molecule has 0 saturated carbocycles. The number of phenols is 2. The van der Waals surface area contributed by atoms with E-state index in [0.29, 0.717) is 6.42 Å². The van der Waals surface area contributed by atoms with E-state index >= 15 is 0 Å². The van der Waals surface area contributed by atoms with Gasteiger partial charge in [-0.2, -0.15) is 0 Å². The topological polar surface area (TPSA) is 94.8 Å². The quantitative estimate of drug-likeness (QED) is 0.683. The van der Waals surface area contributed by atoms with Gasteiger partial charge < -0.3 is 15.3 Å². The molecule has 0 bridgehead atoms. The summed E-state index contributed by atoms with van der Waals surface area (Å²) in [6.45, 7) is 1.90. The van der Waals surface area contributed by atoms with Crippen LogP contribution in [0.5, 0.6) is 11.5 Å². The molecule has 92 valence electrons. The van der Waals surface area contributed by atoms with Crippen LogP contribution in [0.15, 0.2) is 12.1 Å². The summed E-state index contributed by atoms with van der Waals surface area (Å²) in [5.41, 5.74) is -0.694. The van der Waals surface area contributed by atoms with Crippen molar-refractivity contribution in [1.29, 1.82) is 0 Å². The lowest BCUT2D eigenvalue weighted by Gasteiger charge is -2.08. The number of unbranched alkanes of at least 4 members (excludes halogenated alkanes) is 1. The van der Waals surface area contributed by atoms with Gasteiger partial charge in [0, 0.05) is 6.42 Å². The van der Waals surface area contributed by atoms with Crippen LogP contribution in [0.2, 0.25) is 0 Å². The van der Waals surface area contributed by atoms with E-state index in [-0.39, 0.29) is 17.5 Å². The second-order valence-corrected chi connectivity index (χ2v) is 3.69. The largest absolute Gasteiger partial charge is 0.507 e. The number of phenolic OH excluding ortho intramolecular Hbond substituents is 1. The fraction of sp³-hybridized carbons (Fsp3) is 0.333. The summed E-state index contributed by atoms with van der Waals surface area (Å²) in [4.78, 5) is 22.5. The molecule has 5 heteroatoms. The summed E-state index contributed by atoms with van der Waals surface area (Å²) >= 11 is 0. The fourth-order valence-corrected chi connectivity index (χ4v) is 1.49. The zero-order chi connectivity index (χ0) is 13.0. The number of aromatic hydroxyl groups is 2. The smallest absolute Gasteiger partial charge is 0.339 e. The number of rotatable bonds is 5. The number of carboxylic acid groups (broad SMARTS) is 1. The van der Waals surface area contributed by atoms with Crippen molar-refractivity contribution in [3.8, 4) is 11.5 Å². The lowest BCUT2D eigenvalue weighted by atomic mass is 10.0. The van der Waals surface area contributed by atoms with Crippen LogP contribution in [0.25, 0.3) is 0 Å². The Morgan fingerprint density at radius 3 is 2.41 bits per heavy atom. The lowest BCUT2D eigenvalue weighted by Crippen LogP contribution is -2.04. The van der Waals surface area contributed by atoms with E-state index in [1.165, 1.54) is 0 Å². The van der Waals surface area contributed by atoms with Gasteiger partial charge in [-0.3, -0.25) is 4.79 Å². The van der Waals surface area contributed by atoms with Crippen LogP contribution in [0.3, 0.4) is 0 Å². The Morgan fingerprint density at radius 2 is 1.88 bits per heavy atom. The number of aromatic carboxylic acids is 1. The van der Waals surface area contributed by atoms with Gasteiger partial charge in [0.1, 0.15) is 22.6 Å². The first-order valence-corrected chi connectivity index (χ1v) is 5.30. The summed E-state index contributed by atoms with van der Waals surface area (Å²) in [5, 5.41) is 27.9. The molecule has 3 N–H and O–H groups in total. The third kappa shape index (κ3) is 2.75. The Kier molecular flexibility index (Phi) is 4.09. The van der Waals surface area contributed by atoms with Gasteiger partial charge in [-0.05, 0) is 18.6 Å². The highest BCUT2D eigenvalue weighted by atomic mass is 16.4. The third-order valence-corrected chi connectivity index (χ3v) is 2.42. The molecule has 1 aromatic carbocycles. The maximum Gasteiger partial charge on any atom is 0.339 e. The summed E-state index contributed by atoms with van der Waals surface area (Å²) in [6, 6.07) is 2.16. The molecule has 0 aliphatic carbocycles. The molecule has 0 saturated heterocycles. The molecule has 17 heavy (non-hydrogen) atoms. The average molecular weight is 238 g/mol. The Morgan fingerprint density at radius 1 is 1.24 bits per heavy atom. The molecule has 0 aromatic heterocycles. The molecule has 0 spiro atoms. The van der Waals surface area contributed by atoms with Crippen molar-refractivity contribution >= 4 is 11.8 Å². The van der Waals surface area contributed by atoms with E-state index in [1.807, 2.05) is 6.92 Å². The molecule has 0 unspecified atom stereocenters. The van der Waals surface area contributed by atoms with E-state index in [2.05, 4.69) is 0 Å². The molecular weight excluding hydrogens is 224 g/mol. The molecule has 5 nitrogen and oxygen atoms in total. The minimum Gasteiger partial charge on any atom is -0.507 e. The van der Waals surface area contributed by atoms with E-state index in [9.17, 15) is 19.8 Å². The van der Waals surface area contributed by atoms with Crippen LogP contribution in [-0.4, -0.2) is 27.1 Å². The number of carbonyl (C=O) groups is 2. The van der Waals surface area contributed by atoms with Gasteiger partial charge >= 0.3 is 5.97 Å². The molecule has 1 rings (SSSR count). The van der Waals surface area contributed by atoms with Crippen LogP contribution in [-0.2, 0) is 0 Å². The standard InChI is InChI=1S/C12H14O5/c1-2-3-4-8(13)10-9(14)6-5-7(11(10)15)12(16)17/h5-6,14-15H,2-4H2,1H3,(H,16,17). The average Bonchev–Trinajstić information content (AvgIpc) is 2.25. The van der Waals surface area contributed by atoms with Crippen molar-refractivity contribution in [2.75, 3.05) is 0 Å². The summed E-state index contributed by atoms with van der Waals surface area (Å²) in [5.74, 6) is -2.86. The van der Waals surface area contributed by atoms with Crippen LogP contribution in [0, 0.1) is 0 Å². The van der Waals surface area contributed by atoms with E-state index in [0.717, 1.165) is 18.6 Å². The number of ketones is 1. The SMILES string of the molecule is CCCCC(=O)c1c(O)ccc(C(=O)O)c1O.